The van der Waals surface area contributed by atoms with Crippen LogP contribution in [-0.4, -0.2) is 28.5 Å². The minimum absolute atomic E-state index is 0.414. The summed E-state index contributed by atoms with van der Waals surface area (Å²) in [4.78, 5) is 4.81. The van der Waals surface area contributed by atoms with Gasteiger partial charge in [-0.05, 0) is 35.9 Å². The highest BCUT2D eigenvalue weighted by Gasteiger charge is 2.17. The third-order valence-electron chi connectivity index (χ3n) is 5.05. The number of nitrogens with one attached hydrogen (secondary N) is 1. The first-order valence-corrected chi connectivity index (χ1v) is 12.3. The molecule has 4 aromatic rings. The molecule has 0 aliphatic heterocycles. The Hall–Kier alpha value is -3.11. The van der Waals surface area contributed by atoms with Crippen molar-refractivity contribution in [2.75, 3.05) is 17.6 Å². The van der Waals surface area contributed by atoms with Crippen molar-refractivity contribution in [3.8, 4) is 28.5 Å². The second kappa shape index (κ2) is 11.2. The number of nitriles is 1. The first kappa shape index (κ1) is 23.1. The number of hydrogen-bond acceptors (Lipinski definition) is 5. The van der Waals surface area contributed by atoms with Crippen LogP contribution in [-0.2, 0) is 0 Å². The molecule has 2 N–H and O–H groups in total. The van der Waals surface area contributed by atoms with E-state index < -0.39 is 6.10 Å². The average Bonchev–Trinajstić information content (AvgIpc) is 2.87. The fraction of sp³-hybridized carbons (Fsp3) is 0.111. The molecule has 0 amide bonds. The second-order valence-electron chi connectivity index (χ2n) is 7.43. The fourth-order valence-corrected chi connectivity index (χ4v) is 4.57. The van der Waals surface area contributed by atoms with E-state index in [9.17, 15) is 10.4 Å². The highest BCUT2D eigenvalue weighted by atomic mass is 79.9. The van der Waals surface area contributed by atoms with Gasteiger partial charge in [0.25, 0.3) is 0 Å². The molecule has 33 heavy (non-hydrogen) atoms. The van der Waals surface area contributed by atoms with Gasteiger partial charge in [-0.2, -0.15) is 5.26 Å². The molecule has 3 aromatic carbocycles. The lowest BCUT2D eigenvalue weighted by Crippen LogP contribution is -2.21. The monoisotopic (exact) mass is 515 g/mol. The normalized spacial score (nSPS) is 11.5. The number of anilines is 1. The maximum Gasteiger partial charge on any atom is 0.115 e. The third kappa shape index (κ3) is 6.02. The van der Waals surface area contributed by atoms with E-state index in [4.69, 9.17) is 4.98 Å². The van der Waals surface area contributed by atoms with Crippen molar-refractivity contribution in [3.05, 3.63) is 101 Å². The van der Waals surface area contributed by atoms with Crippen LogP contribution in [0.15, 0.2) is 100 Å². The molecule has 0 fully saturated rings. The fourth-order valence-electron chi connectivity index (χ4n) is 3.37. The minimum atomic E-state index is -0.597. The van der Waals surface area contributed by atoms with Crippen LogP contribution in [0.4, 0.5) is 5.69 Å². The number of rotatable bonds is 8. The zero-order chi connectivity index (χ0) is 23.0. The van der Waals surface area contributed by atoms with E-state index in [0.717, 1.165) is 32.5 Å². The van der Waals surface area contributed by atoms with Crippen LogP contribution >= 0.6 is 27.7 Å². The first-order valence-electron chi connectivity index (χ1n) is 10.5. The summed E-state index contributed by atoms with van der Waals surface area (Å²) in [7, 11) is 0. The van der Waals surface area contributed by atoms with Crippen LogP contribution in [0.2, 0.25) is 0 Å². The summed E-state index contributed by atoms with van der Waals surface area (Å²) in [5.74, 6) is 0.416. The zero-order valence-electron chi connectivity index (χ0n) is 17.8. The lowest BCUT2D eigenvalue weighted by Gasteiger charge is -2.15. The highest BCUT2D eigenvalue weighted by molar-refractivity contribution is 9.10. The summed E-state index contributed by atoms with van der Waals surface area (Å²) in [6.07, 6.45) is -0.597. The van der Waals surface area contributed by atoms with Gasteiger partial charge in [0, 0.05) is 33.6 Å². The minimum Gasteiger partial charge on any atom is -0.390 e. The summed E-state index contributed by atoms with van der Waals surface area (Å²) in [6.45, 7) is 0.414. The van der Waals surface area contributed by atoms with Gasteiger partial charge in [0.15, 0.2) is 0 Å². The van der Waals surface area contributed by atoms with Gasteiger partial charge in [0.2, 0.25) is 0 Å². The summed E-state index contributed by atoms with van der Waals surface area (Å²) in [5, 5.41) is 24.4. The SMILES string of the molecule is N#Cc1c(-c2ccccc2)cc(-c2ccc(Br)cc2)nc1SCC(O)CNc1ccccc1. The van der Waals surface area contributed by atoms with Crippen molar-refractivity contribution < 1.29 is 5.11 Å². The summed E-state index contributed by atoms with van der Waals surface area (Å²) >= 11 is 4.88. The number of pyridine rings is 1. The van der Waals surface area contributed by atoms with Crippen LogP contribution in [0, 0.1) is 11.3 Å². The molecule has 0 aliphatic carbocycles. The first-order chi connectivity index (χ1) is 16.1. The molecule has 1 aromatic heterocycles. The molecule has 0 aliphatic rings. The highest BCUT2D eigenvalue weighted by Crippen LogP contribution is 2.34. The predicted molar refractivity (Wildman–Crippen MR) is 139 cm³/mol. The molecule has 1 heterocycles. The van der Waals surface area contributed by atoms with Crippen molar-refractivity contribution in [1.29, 1.82) is 5.26 Å². The standard InChI is InChI=1S/C27H22BrN3OS/c28-21-13-11-20(12-14-21)26-15-24(19-7-3-1-4-8-19)25(16-29)27(31-26)33-18-23(32)17-30-22-9-5-2-6-10-22/h1-15,23,30,32H,17-18H2. The number of thioether (sulfide) groups is 1. The molecule has 0 saturated heterocycles. The molecule has 164 valence electrons. The number of nitrogens with zero attached hydrogens (tertiary/aromatic N) is 2. The van der Waals surface area contributed by atoms with E-state index in [1.165, 1.54) is 11.8 Å². The van der Waals surface area contributed by atoms with Gasteiger partial charge >= 0.3 is 0 Å². The van der Waals surface area contributed by atoms with Gasteiger partial charge in [-0.25, -0.2) is 4.98 Å². The molecule has 0 spiro atoms. The van der Waals surface area contributed by atoms with Crippen LogP contribution in [0.1, 0.15) is 5.56 Å². The van der Waals surface area contributed by atoms with Crippen molar-refractivity contribution in [1.82, 2.24) is 4.98 Å². The lowest BCUT2D eigenvalue weighted by atomic mass is 9.99. The number of aliphatic hydroxyl groups is 1. The van der Waals surface area contributed by atoms with Crippen molar-refractivity contribution in [2.24, 2.45) is 0 Å². The number of hydrogen-bond donors (Lipinski definition) is 2. The molecule has 0 bridgehead atoms. The quantitative estimate of drug-likeness (QED) is 0.258. The third-order valence-corrected chi connectivity index (χ3v) is 6.70. The molecule has 6 heteroatoms. The van der Waals surface area contributed by atoms with Crippen molar-refractivity contribution in [2.45, 2.75) is 11.1 Å². The van der Waals surface area contributed by atoms with Gasteiger partial charge in [-0.1, -0.05) is 76.6 Å². The van der Waals surface area contributed by atoms with Gasteiger partial charge in [0.05, 0.1) is 17.4 Å². The molecular weight excluding hydrogens is 494 g/mol. The van der Waals surface area contributed by atoms with E-state index in [2.05, 4.69) is 27.3 Å². The Labute approximate surface area is 206 Å². The molecule has 4 rings (SSSR count). The van der Waals surface area contributed by atoms with Crippen LogP contribution in [0.3, 0.4) is 0 Å². The largest absolute Gasteiger partial charge is 0.390 e. The maximum atomic E-state index is 10.5. The number of aliphatic hydroxyl groups excluding tert-OH is 1. The van der Waals surface area contributed by atoms with Crippen LogP contribution in [0.25, 0.3) is 22.4 Å². The number of para-hydroxylation sites is 1. The van der Waals surface area contributed by atoms with E-state index >= 15 is 0 Å². The lowest BCUT2D eigenvalue weighted by molar-refractivity contribution is 0.213. The Morgan fingerprint density at radius 2 is 1.61 bits per heavy atom. The molecule has 4 nitrogen and oxygen atoms in total. The van der Waals surface area contributed by atoms with Gasteiger partial charge in [-0.15, -0.1) is 11.8 Å². The topological polar surface area (TPSA) is 68.9 Å². The van der Waals surface area contributed by atoms with E-state index in [0.29, 0.717) is 22.9 Å². The molecule has 1 unspecified atom stereocenters. The van der Waals surface area contributed by atoms with E-state index in [-0.39, 0.29) is 0 Å². The summed E-state index contributed by atoms with van der Waals surface area (Å²) in [5.41, 5.74) is 5.04. The molecule has 0 radical (unpaired) electrons. The van der Waals surface area contributed by atoms with Crippen LogP contribution in [0.5, 0.6) is 0 Å². The number of halogens is 1. The van der Waals surface area contributed by atoms with Crippen LogP contribution < -0.4 is 5.32 Å². The van der Waals surface area contributed by atoms with E-state index in [1.807, 2.05) is 91.0 Å². The Morgan fingerprint density at radius 1 is 0.939 bits per heavy atom. The summed E-state index contributed by atoms with van der Waals surface area (Å²) in [6, 6.07) is 31.9. The second-order valence-corrected chi connectivity index (χ2v) is 9.36. The molecule has 1 atom stereocenters. The smallest absolute Gasteiger partial charge is 0.115 e. The Kier molecular flexibility index (Phi) is 7.79. The summed E-state index contributed by atoms with van der Waals surface area (Å²) < 4.78 is 0.992. The Bertz CT molecular complexity index is 1240. The zero-order valence-corrected chi connectivity index (χ0v) is 20.2. The number of aromatic nitrogens is 1. The maximum absolute atomic E-state index is 10.5. The Balaban J connectivity index is 1.62. The molecular formula is C27H22BrN3OS. The predicted octanol–water partition coefficient (Wildman–Crippen LogP) is 6.61. The van der Waals surface area contributed by atoms with E-state index in [1.54, 1.807) is 0 Å². The number of benzene rings is 3. The van der Waals surface area contributed by atoms with Gasteiger partial charge in [0.1, 0.15) is 11.1 Å². The average molecular weight is 516 g/mol. The van der Waals surface area contributed by atoms with Gasteiger partial charge < -0.3 is 10.4 Å². The van der Waals surface area contributed by atoms with Gasteiger partial charge in [-0.3, -0.25) is 0 Å². The van der Waals surface area contributed by atoms with Crippen molar-refractivity contribution >= 4 is 33.4 Å². The molecule has 0 saturated carbocycles. The van der Waals surface area contributed by atoms with Crippen molar-refractivity contribution in [3.63, 3.8) is 0 Å². The Morgan fingerprint density at radius 3 is 2.27 bits per heavy atom.